The molecule has 2 aromatic heterocycles. The summed E-state index contributed by atoms with van der Waals surface area (Å²) in [6.45, 7) is 0. The summed E-state index contributed by atoms with van der Waals surface area (Å²) in [6.07, 6.45) is 3.55. The van der Waals surface area contributed by atoms with Gasteiger partial charge in [0.05, 0.1) is 23.8 Å². The molecule has 39 heavy (non-hydrogen) atoms. The van der Waals surface area contributed by atoms with Gasteiger partial charge in [-0.1, -0.05) is 30.3 Å². The summed E-state index contributed by atoms with van der Waals surface area (Å²) in [5.41, 5.74) is 9.57. The third-order valence-electron chi connectivity index (χ3n) is 6.43. The fraction of sp³-hybridized carbons (Fsp3) is 0.133. The number of halogens is 3. The molecule has 0 saturated carbocycles. The lowest BCUT2D eigenvalue weighted by Crippen LogP contribution is -2.32. The molecular weight excluding hydrogens is 503 g/mol. The van der Waals surface area contributed by atoms with Crippen molar-refractivity contribution >= 4 is 22.5 Å². The van der Waals surface area contributed by atoms with Crippen LogP contribution in [0.5, 0.6) is 0 Å². The summed E-state index contributed by atoms with van der Waals surface area (Å²) >= 11 is 0. The van der Waals surface area contributed by atoms with Crippen molar-refractivity contribution in [2.45, 2.75) is 18.9 Å². The predicted molar refractivity (Wildman–Crippen MR) is 145 cm³/mol. The number of pyridine rings is 1. The lowest BCUT2D eigenvalue weighted by atomic mass is 9.95. The maximum absolute atomic E-state index is 14.3. The number of hydrazine groups is 1. The zero-order valence-electron chi connectivity index (χ0n) is 21.1. The summed E-state index contributed by atoms with van der Waals surface area (Å²) in [7, 11) is 1.62. The second kappa shape index (κ2) is 11.4. The van der Waals surface area contributed by atoms with Crippen molar-refractivity contribution in [1.29, 1.82) is 0 Å². The molecule has 198 valence electrons. The molecule has 6 nitrogen and oxygen atoms in total. The first kappa shape index (κ1) is 26.0. The molecule has 3 aromatic carbocycles. The second-order valence-electron chi connectivity index (χ2n) is 9.14. The van der Waals surface area contributed by atoms with Crippen LogP contribution in [0.25, 0.3) is 22.0 Å². The molecule has 0 radical (unpaired) electrons. The highest BCUT2D eigenvalue weighted by molar-refractivity contribution is 5.89. The van der Waals surface area contributed by atoms with E-state index in [4.69, 9.17) is 0 Å². The van der Waals surface area contributed by atoms with Crippen molar-refractivity contribution in [3.05, 3.63) is 119 Å². The quantitative estimate of drug-likeness (QED) is 0.181. The van der Waals surface area contributed by atoms with Crippen LogP contribution >= 0.6 is 0 Å². The first-order valence-corrected chi connectivity index (χ1v) is 12.4. The van der Waals surface area contributed by atoms with Gasteiger partial charge in [0.2, 0.25) is 5.91 Å². The normalized spacial score (nSPS) is 11.9. The Bertz CT molecular complexity index is 1610. The lowest BCUT2D eigenvalue weighted by molar-refractivity contribution is -0.121. The van der Waals surface area contributed by atoms with Crippen molar-refractivity contribution in [2.24, 2.45) is 0 Å². The summed E-state index contributed by atoms with van der Waals surface area (Å²) in [4.78, 5) is 21.0. The molecule has 0 saturated heterocycles. The SMILES string of the molecule is CNNc1cc(-c2cccnc2[C@H](Cc2cc(F)cc(F)c2)NC(=O)Cc2c[nH]c3ccccc23)ccc1F. The van der Waals surface area contributed by atoms with Crippen LogP contribution in [-0.4, -0.2) is 22.9 Å². The highest BCUT2D eigenvalue weighted by atomic mass is 19.1. The molecule has 0 spiro atoms. The minimum Gasteiger partial charge on any atom is -0.361 e. The number of carbonyl (C=O) groups excluding carboxylic acids is 1. The van der Waals surface area contributed by atoms with Crippen molar-refractivity contribution in [1.82, 2.24) is 20.7 Å². The number of aromatic nitrogens is 2. The number of anilines is 1. The third kappa shape index (κ3) is 5.94. The number of para-hydroxylation sites is 1. The standard InChI is InChI=1S/C30H26F3N5O/c1-34-38-27-14-19(8-9-25(27)33)24-6-4-10-35-30(24)28(13-18-11-21(31)16-22(32)12-18)37-29(39)15-20-17-36-26-7-3-2-5-23(20)26/h2-12,14,16-17,28,34,36,38H,13,15H2,1H3,(H,37,39)/t28-/m0/s1. The zero-order chi connectivity index (χ0) is 27.4. The van der Waals surface area contributed by atoms with Gasteiger partial charge in [-0.3, -0.25) is 9.78 Å². The Balaban J connectivity index is 1.51. The van der Waals surface area contributed by atoms with Gasteiger partial charge in [0.1, 0.15) is 17.5 Å². The predicted octanol–water partition coefficient (Wildman–Crippen LogP) is 5.84. The molecular formula is C30H26F3N5O. The van der Waals surface area contributed by atoms with E-state index < -0.39 is 23.5 Å². The number of nitrogens with one attached hydrogen (secondary N) is 4. The highest BCUT2D eigenvalue weighted by Crippen LogP contribution is 2.31. The maximum Gasteiger partial charge on any atom is 0.225 e. The van der Waals surface area contributed by atoms with Crippen molar-refractivity contribution in [2.75, 3.05) is 12.5 Å². The molecule has 1 atom stereocenters. The van der Waals surface area contributed by atoms with E-state index >= 15 is 0 Å². The first-order chi connectivity index (χ1) is 18.9. The second-order valence-corrected chi connectivity index (χ2v) is 9.14. The molecule has 0 aliphatic rings. The van der Waals surface area contributed by atoms with Gasteiger partial charge in [0.15, 0.2) is 0 Å². The molecule has 9 heteroatoms. The molecule has 0 aliphatic carbocycles. The largest absolute Gasteiger partial charge is 0.361 e. The number of fused-ring (bicyclic) bond motifs is 1. The van der Waals surface area contributed by atoms with Gasteiger partial charge in [-0.2, -0.15) is 0 Å². The summed E-state index contributed by atoms with van der Waals surface area (Å²) in [5.74, 6) is -2.15. The average molecular weight is 530 g/mol. The molecule has 2 heterocycles. The molecule has 5 aromatic rings. The van der Waals surface area contributed by atoms with E-state index in [-0.39, 0.29) is 24.4 Å². The molecule has 0 fully saturated rings. The molecule has 0 aliphatic heterocycles. The minimum atomic E-state index is -0.731. The third-order valence-corrected chi connectivity index (χ3v) is 6.43. The fourth-order valence-corrected chi connectivity index (χ4v) is 4.74. The Morgan fingerprint density at radius 2 is 1.77 bits per heavy atom. The number of carbonyl (C=O) groups is 1. The fourth-order valence-electron chi connectivity index (χ4n) is 4.74. The van der Waals surface area contributed by atoms with E-state index in [0.29, 0.717) is 22.4 Å². The maximum atomic E-state index is 14.3. The Labute approximate surface area is 223 Å². The molecule has 1 amide bonds. The number of benzene rings is 3. The zero-order valence-corrected chi connectivity index (χ0v) is 21.1. The van der Waals surface area contributed by atoms with Crippen LogP contribution in [0.15, 0.2) is 85.2 Å². The summed E-state index contributed by atoms with van der Waals surface area (Å²) in [5, 5.41) is 3.96. The van der Waals surface area contributed by atoms with Crippen LogP contribution in [0.3, 0.4) is 0 Å². The van der Waals surface area contributed by atoms with Crippen molar-refractivity contribution < 1.29 is 18.0 Å². The Hall–Kier alpha value is -4.63. The Kier molecular flexibility index (Phi) is 7.60. The molecule has 5 rings (SSSR count). The van der Waals surface area contributed by atoms with Crippen LogP contribution in [-0.2, 0) is 17.6 Å². The van der Waals surface area contributed by atoms with Gasteiger partial charge < -0.3 is 15.7 Å². The minimum absolute atomic E-state index is 0.0845. The number of rotatable bonds is 9. The van der Waals surface area contributed by atoms with E-state index in [2.05, 4.69) is 26.1 Å². The van der Waals surface area contributed by atoms with Gasteiger partial charge in [-0.05, 0) is 59.5 Å². The topological polar surface area (TPSA) is 81.8 Å². The highest BCUT2D eigenvalue weighted by Gasteiger charge is 2.22. The van der Waals surface area contributed by atoms with Gasteiger partial charge >= 0.3 is 0 Å². The van der Waals surface area contributed by atoms with Gasteiger partial charge in [-0.15, -0.1) is 0 Å². The van der Waals surface area contributed by atoms with Gasteiger partial charge in [-0.25, -0.2) is 18.6 Å². The Morgan fingerprint density at radius 1 is 0.974 bits per heavy atom. The number of hydrogen-bond donors (Lipinski definition) is 4. The van der Waals surface area contributed by atoms with E-state index in [0.717, 1.165) is 22.5 Å². The van der Waals surface area contributed by atoms with Crippen LogP contribution < -0.4 is 16.2 Å². The van der Waals surface area contributed by atoms with Crippen molar-refractivity contribution in [3.8, 4) is 11.1 Å². The van der Waals surface area contributed by atoms with Crippen LogP contribution in [0.1, 0.15) is 22.9 Å². The lowest BCUT2D eigenvalue weighted by Gasteiger charge is -2.22. The summed E-state index contributed by atoms with van der Waals surface area (Å²) in [6, 6.07) is 18.3. The summed E-state index contributed by atoms with van der Waals surface area (Å²) < 4.78 is 42.4. The van der Waals surface area contributed by atoms with Crippen LogP contribution in [0.2, 0.25) is 0 Å². The van der Waals surface area contributed by atoms with Crippen LogP contribution in [0, 0.1) is 17.5 Å². The number of hydrogen-bond acceptors (Lipinski definition) is 4. The van der Waals surface area contributed by atoms with Crippen molar-refractivity contribution in [3.63, 3.8) is 0 Å². The van der Waals surface area contributed by atoms with Crippen LogP contribution in [0.4, 0.5) is 18.9 Å². The van der Waals surface area contributed by atoms with E-state index in [9.17, 15) is 18.0 Å². The molecule has 0 unspecified atom stereocenters. The first-order valence-electron chi connectivity index (χ1n) is 12.4. The number of amides is 1. The monoisotopic (exact) mass is 529 g/mol. The number of H-pyrrole nitrogens is 1. The van der Waals surface area contributed by atoms with Gasteiger partial charge in [0, 0.05) is 42.0 Å². The Morgan fingerprint density at radius 3 is 2.56 bits per heavy atom. The van der Waals surface area contributed by atoms with E-state index in [1.165, 1.54) is 18.2 Å². The number of aromatic amines is 1. The molecule has 0 bridgehead atoms. The van der Waals surface area contributed by atoms with Gasteiger partial charge in [0.25, 0.3) is 0 Å². The van der Waals surface area contributed by atoms with E-state index in [1.807, 2.05) is 30.3 Å². The smallest absolute Gasteiger partial charge is 0.225 e. The van der Waals surface area contributed by atoms with E-state index in [1.54, 1.807) is 37.6 Å². The number of nitrogens with zero attached hydrogens (tertiary/aromatic N) is 1. The molecule has 4 N–H and O–H groups in total. The average Bonchev–Trinajstić information content (AvgIpc) is 3.32.